The number of ether oxygens (including phenoxy) is 2. The van der Waals surface area contributed by atoms with E-state index in [1.807, 2.05) is 60.7 Å². The molecule has 6 nitrogen and oxygen atoms in total. The van der Waals surface area contributed by atoms with Crippen molar-refractivity contribution in [2.24, 2.45) is 0 Å². The second-order valence-electron chi connectivity index (χ2n) is 7.31. The fourth-order valence-corrected chi connectivity index (χ4v) is 3.77. The smallest absolute Gasteiger partial charge is 0.278 e. The van der Waals surface area contributed by atoms with Crippen molar-refractivity contribution >= 4 is 23.1 Å². The van der Waals surface area contributed by atoms with E-state index in [-0.39, 0.29) is 24.3 Å². The van der Waals surface area contributed by atoms with Crippen LogP contribution >= 0.6 is 0 Å². The summed E-state index contributed by atoms with van der Waals surface area (Å²) in [6, 6.07) is 24.4. The second-order valence-corrected chi connectivity index (χ2v) is 7.31. The summed E-state index contributed by atoms with van der Waals surface area (Å²) < 4.78 is 10.8. The summed E-state index contributed by atoms with van der Waals surface area (Å²) in [7, 11) is 0. The van der Waals surface area contributed by atoms with Gasteiger partial charge in [-0.1, -0.05) is 60.7 Å². The van der Waals surface area contributed by atoms with Gasteiger partial charge in [-0.05, 0) is 29.7 Å². The summed E-state index contributed by atoms with van der Waals surface area (Å²) >= 11 is 0. The number of fused-ring (bicyclic) bond motifs is 1. The van der Waals surface area contributed by atoms with Gasteiger partial charge in [0.2, 0.25) is 6.79 Å². The zero-order chi connectivity index (χ0) is 21.2. The number of amides is 2. The maximum atomic E-state index is 13.3. The molecule has 5 rings (SSSR count). The van der Waals surface area contributed by atoms with Crippen molar-refractivity contribution in [3.8, 4) is 11.5 Å². The highest BCUT2D eigenvalue weighted by molar-refractivity contribution is 6.36. The highest BCUT2D eigenvalue weighted by Crippen LogP contribution is 2.36. The van der Waals surface area contributed by atoms with Crippen LogP contribution in [0.4, 0.5) is 5.69 Å². The molecule has 3 aromatic rings. The van der Waals surface area contributed by atoms with Gasteiger partial charge >= 0.3 is 0 Å². The number of hydrogen-bond donors (Lipinski definition) is 1. The molecule has 154 valence electrons. The van der Waals surface area contributed by atoms with Crippen LogP contribution in [0.5, 0.6) is 11.5 Å². The van der Waals surface area contributed by atoms with Crippen molar-refractivity contribution < 1.29 is 19.1 Å². The Morgan fingerprint density at radius 3 is 2.29 bits per heavy atom. The second kappa shape index (κ2) is 7.99. The lowest BCUT2D eigenvalue weighted by Gasteiger charge is -2.15. The third-order valence-electron chi connectivity index (χ3n) is 5.34. The summed E-state index contributed by atoms with van der Waals surface area (Å²) in [5.74, 6) is 0.624. The molecule has 2 amide bonds. The molecule has 0 saturated carbocycles. The van der Waals surface area contributed by atoms with Gasteiger partial charge in [0.15, 0.2) is 11.5 Å². The Bertz CT molecular complexity index is 1170. The van der Waals surface area contributed by atoms with Gasteiger partial charge in [-0.2, -0.15) is 0 Å². The van der Waals surface area contributed by atoms with Crippen molar-refractivity contribution in [1.29, 1.82) is 0 Å². The first kappa shape index (κ1) is 18.9. The molecular formula is C25H20N2O4. The minimum Gasteiger partial charge on any atom is -0.454 e. The SMILES string of the molecule is O=C1C(Nc2ccc3c(c2)OCO3)=C(c2ccccc2)C(=O)N1CCc1ccccc1. The van der Waals surface area contributed by atoms with Crippen molar-refractivity contribution in [3.05, 3.63) is 95.7 Å². The first-order valence-corrected chi connectivity index (χ1v) is 10.1. The number of imide groups is 1. The normalized spacial score (nSPS) is 15.0. The minimum absolute atomic E-state index is 0.168. The third-order valence-corrected chi connectivity index (χ3v) is 5.34. The van der Waals surface area contributed by atoms with Gasteiger partial charge < -0.3 is 14.8 Å². The molecule has 0 atom stereocenters. The molecule has 6 heteroatoms. The lowest BCUT2D eigenvalue weighted by molar-refractivity contribution is -0.136. The van der Waals surface area contributed by atoms with Gasteiger partial charge in [-0.15, -0.1) is 0 Å². The van der Waals surface area contributed by atoms with Gasteiger partial charge in [0.1, 0.15) is 5.70 Å². The quantitative estimate of drug-likeness (QED) is 0.623. The fraction of sp³-hybridized carbons (Fsp3) is 0.120. The number of nitrogens with one attached hydrogen (secondary N) is 1. The molecule has 0 fully saturated rings. The van der Waals surface area contributed by atoms with Crippen LogP contribution in [0, 0.1) is 0 Å². The monoisotopic (exact) mass is 412 g/mol. The number of nitrogens with zero attached hydrogens (tertiary/aromatic N) is 1. The van der Waals surface area contributed by atoms with Gasteiger partial charge in [-0.25, -0.2) is 0 Å². The van der Waals surface area contributed by atoms with E-state index in [1.54, 1.807) is 18.2 Å². The van der Waals surface area contributed by atoms with Gasteiger partial charge in [0.05, 0.1) is 5.57 Å². The average molecular weight is 412 g/mol. The molecule has 0 aromatic heterocycles. The topological polar surface area (TPSA) is 67.9 Å². The molecule has 3 aromatic carbocycles. The lowest BCUT2D eigenvalue weighted by atomic mass is 10.0. The maximum absolute atomic E-state index is 13.3. The number of rotatable bonds is 6. The van der Waals surface area contributed by atoms with Crippen molar-refractivity contribution in [2.75, 3.05) is 18.7 Å². The van der Waals surface area contributed by atoms with E-state index in [2.05, 4.69) is 5.32 Å². The highest BCUT2D eigenvalue weighted by atomic mass is 16.7. The first-order valence-electron chi connectivity index (χ1n) is 10.1. The van der Waals surface area contributed by atoms with Crippen molar-refractivity contribution in [2.45, 2.75) is 6.42 Å². The van der Waals surface area contributed by atoms with Crippen LogP contribution < -0.4 is 14.8 Å². The summed E-state index contributed by atoms with van der Waals surface area (Å²) in [5, 5.41) is 3.16. The Kier molecular flexibility index (Phi) is 4.88. The van der Waals surface area contributed by atoms with E-state index in [0.717, 1.165) is 5.56 Å². The van der Waals surface area contributed by atoms with Crippen LogP contribution in [0.2, 0.25) is 0 Å². The third kappa shape index (κ3) is 3.64. The molecule has 0 unspecified atom stereocenters. The van der Waals surface area contributed by atoms with Crippen LogP contribution in [0.25, 0.3) is 5.57 Å². The molecular weight excluding hydrogens is 392 g/mol. The molecule has 2 aliphatic heterocycles. The van der Waals surface area contributed by atoms with Crippen LogP contribution in [0.15, 0.2) is 84.6 Å². The average Bonchev–Trinajstić information content (AvgIpc) is 3.36. The number of carbonyl (C=O) groups is 2. The van der Waals surface area contributed by atoms with E-state index in [9.17, 15) is 9.59 Å². The number of carbonyl (C=O) groups excluding carboxylic acids is 2. The van der Waals surface area contributed by atoms with Crippen LogP contribution in [0.1, 0.15) is 11.1 Å². The Morgan fingerprint density at radius 1 is 0.806 bits per heavy atom. The predicted octanol–water partition coefficient (Wildman–Crippen LogP) is 3.85. The molecule has 0 saturated heterocycles. The first-order chi connectivity index (χ1) is 15.2. The van der Waals surface area contributed by atoms with Gasteiger partial charge in [-0.3, -0.25) is 14.5 Å². The Hall–Kier alpha value is -4.06. The summed E-state index contributed by atoms with van der Waals surface area (Å²) in [5.41, 5.74) is 3.06. The maximum Gasteiger partial charge on any atom is 0.278 e. The zero-order valence-electron chi connectivity index (χ0n) is 16.7. The molecule has 0 radical (unpaired) electrons. The van der Waals surface area contributed by atoms with E-state index < -0.39 is 0 Å². The highest BCUT2D eigenvalue weighted by Gasteiger charge is 2.39. The summed E-state index contributed by atoms with van der Waals surface area (Å²) in [4.78, 5) is 27.9. The van der Waals surface area contributed by atoms with Gasteiger partial charge in [0.25, 0.3) is 11.8 Å². The lowest BCUT2D eigenvalue weighted by Crippen LogP contribution is -2.34. The Balaban J connectivity index is 1.46. The molecule has 1 N–H and O–H groups in total. The summed E-state index contributed by atoms with van der Waals surface area (Å²) in [6.45, 7) is 0.478. The molecule has 2 heterocycles. The molecule has 0 bridgehead atoms. The Labute approximate surface area is 179 Å². The number of anilines is 1. The van der Waals surface area contributed by atoms with Crippen molar-refractivity contribution in [3.63, 3.8) is 0 Å². The number of benzene rings is 3. The largest absolute Gasteiger partial charge is 0.454 e. The molecule has 31 heavy (non-hydrogen) atoms. The minimum atomic E-state index is -0.336. The number of hydrogen-bond acceptors (Lipinski definition) is 5. The van der Waals surface area contributed by atoms with Crippen LogP contribution in [-0.4, -0.2) is 30.1 Å². The summed E-state index contributed by atoms with van der Waals surface area (Å²) in [6.07, 6.45) is 0.595. The standard InChI is InChI=1S/C25H20N2O4/c28-24-22(18-9-5-2-6-10-18)23(26-19-11-12-20-21(15-19)31-16-30-20)25(29)27(24)14-13-17-7-3-1-4-8-17/h1-12,15,26H,13-14,16H2. The molecule has 0 aliphatic carbocycles. The van der Waals surface area contributed by atoms with Gasteiger partial charge in [0, 0.05) is 18.3 Å². The fourth-order valence-electron chi connectivity index (χ4n) is 3.77. The van der Waals surface area contributed by atoms with E-state index in [0.29, 0.717) is 41.3 Å². The van der Waals surface area contributed by atoms with Crippen LogP contribution in [-0.2, 0) is 16.0 Å². The Morgan fingerprint density at radius 2 is 1.52 bits per heavy atom. The predicted molar refractivity (Wildman–Crippen MR) is 116 cm³/mol. The van der Waals surface area contributed by atoms with E-state index in [4.69, 9.17) is 9.47 Å². The zero-order valence-corrected chi connectivity index (χ0v) is 16.7. The molecule has 0 spiro atoms. The van der Waals surface area contributed by atoms with E-state index in [1.165, 1.54) is 4.90 Å². The van der Waals surface area contributed by atoms with Crippen LogP contribution in [0.3, 0.4) is 0 Å². The molecule has 2 aliphatic rings. The van der Waals surface area contributed by atoms with E-state index >= 15 is 0 Å². The van der Waals surface area contributed by atoms with Crippen molar-refractivity contribution in [1.82, 2.24) is 4.90 Å².